The highest BCUT2D eigenvalue weighted by Gasteiger charge is 2.09. The van der Waals surface area contributed by atoms with Crippen LogP contribution in [-0.4, -0.2) is 22.3 Å². The molecular weight excluding hydrogens is 262 g/mol. The molecular formula is C17H25N3O. The second-order valence-electron chi connectivity index (χ2n) is 6.53. The number of aromatic nitrogens is 2. The third kappa shape index (κ3) is 5.68. The largest absolute Gasteiger partial charge is 0.425 e. The normalized spacial score (nSPS) is 11.8. The smallest absolute Gasteiger partial charge is 0.220 e. The van der Waals surface area contributed by atoms with Gasteiger partial charge in [0.25, 0.3) is 0 Å². The maximum absolute atomic E-state index is 5.70. The predicted octanol–water partition coefficient (Wildman–Crippen LogP) is 3.29. The molecule has 0 fully saturated rings. The molecule has 0 radical (unpaired) electrons. The summed E-state index contributed by atoms with van der Waals surface area (Å²) in [6.07, 6.45) is 2.53. The maximum atomic E-state index is 5.70. The fourth-order valence-electron chi connectivity index (χ4n) is 2.04. The summed E-state index contributed by atoms with van der Waals surface area (Å²) in [7, 11) is 0. The van der Waals surface area contributed by atoms with E-state index < -0.39 is 0 Å². The monoisotopic (exact) mass is 287 g/mol. The second-order valence-corrected chi connectivity index (χ2v) is 6.53. The third-order valence-corrected chi connectivity index (χ3v) is 3.21. The van der Waals surface area contributed by atoms with E-state index in [4.69, 9.17) is 4.42 Å². The fourth-order valence-corrected chi connectivity index (χ4v) is 2.04. The van der Waals surface area contributed by atoms with Crippen LogP contribution in [0.15, 0.2) is 28.7 Å². The molecule has 2 aromatic rings. The van der Waals surface area contributed by atoms with Gasteiger partial charge in [0.2, 0.25) is 11.8 Å². The van der Waals surface area contributed by atoms with Crippen LogP contribution in [0.5, 0.6) is 0 Å². The molecule has 0 spiro atoms. The topological polar surface area (TPSA) is 51.0 Å². The summed E-state index contributed by atoms with van der Waals surface area (Å²) < 4.78 is 5.70. The van der Waals surface area contributed by atoms with Crippen LogP contribution in [0.2, 0.25) is 0 Å². The van der Waals surface area contributed by atoms with Gasteiger partial charge in [0.15, 0.2) is 0 Å². The van der Waals surface area contributed by atoms with Gasteiger partial charge in [0, 0.05) is 12.0 Å². The van der Waals surface area contributed by atoms with E-state index in [0.29, 0.717) is 12.3 Å². The highest BCUT2D eigenvalue weighted by atomic mass is 16.4. The summed E-state index contributed by atoms with van der Waals surface area (Å²) in [6, 6.07) is 8.41. The van der Waals surface area contributed by atoms with Crippen molar-refractivity contribution < 1.29 is 4.42 Å². The summed E-state index contributed by atoms with van der Waals surface area (Å²) in [5.41, 5.74) is 2.62. The number of benzene rings is 1. The molecule has 0 saturated heterocycles. The van der Waals surface area contributed by atoms with Crippen molar-refractivity contribution in [2.24, 2.45) is 0 Å². The molecule has 0 atom stereocenters. The van der Waals surface area contributed by atoms with Crippen LogP contribution in [0.3, 0.4) is 0 Å². The van der Waals surface area contributed by atoms with E-state index in [-0.39, 0.29) is 5.54 Å². The molecule has 1 aromatic heterocycles. The molecule has 0 amide bonds. The first-order chi connectivity index (χ1) is 9.92. The summed E-state index contributed by atoms with van der Waals surface area (Å²) in [5.74, 6) is 1.42. The molecule has 1 heterocycles. The van der Waals surface area contributed by atoms with Crippen LogP contribution in [0.1, 0.15) is 50.1 Å². The number of rotatable bonds is 6. The molecule has 4 nitrogen and oxygen atoms in total. The van der Waals surface area contributed by atoms with Crippen molar-refractivity contribution >= 4 is 0 Å². The van der Waals surface area contributed by atoms with Gasteiger partial charge >= 0.3 is 0 Å². The number of aryl methyl sites for hydroxylation is 2. The minimum absolute atomic E-state index is 0.158. The lowest BCUT2D eigenvalue weighted by molar-refractivity contribution is 0.406. The zero-order chi connectivity index (χ0) is 15.3. The minimum atomic E-state index is 0.158. The molecule has 4 heteroatoms. The Kier molecular flexibility index (Phi) is 5.12. The van der Waals surface area contributed by atoms with Crippen LogP contribution in [0.4, 0.5) is 0 Å². The van der Waals surface area contributed by atoms with Gasteiger partial charge in [0.1, 0.15) is 0 Å². The van der Waals surface area contributed by atoms with Gasteiger partial charge in [0.05, 0.1) is 6.42 Å². The summed E-state index contributed by atoms with van der Waals surface area (Å²) >= 11 is 0. The van der Waals surface area contributed by atoms with E-state index in [2.05, 4.69) is 67.5 Å². The lowest BCUT2D eigenvalue weighted by Gasteiger charge is -2.19. The molecule has 2 rings (SSSR count). The van der Waals surface area contributed by atoms with Gasteiger partial charge < -0.3 is 9.73 Å². The van der Waals surface area contributed by atoms with Crippen molar-refractivity contribution in [3.05, 3.63) is 47.2 Å². The number of hydrogen-bond acceptors (Lipinski definition) is 4. The van der Waals surface area contributed by atoms with Crippen molar-refractivity contribution in [3.63, 3.8) is 0 Å². The van der Waals surface area contributed by atoms with Gasteiger partial charge in [-0.2, -0.15) is 0 Å². The van der Waals surface area contributed by atoms with E-state index >= 15 is 0 Å². The van der Waals surface area contributed by atoms with Gasteiger partial charge in [-0.1, -0.05) is 29.8 Å². The lowest BCUT2D eigenvalue weighted by atomic mass is 10.1. The van der Waals surface area contributed by atoms with Crippen LogP contribution < -0.4 is 5.32 Å². The molecule has 114 valence electrons. The molecule has 1 aromatic carbocycles. The van der Waals surface area contributed by atoms with Crippen LogP contribution in [-0.2, 0) is 12.8 Å². The second kappa shape index (κ2) is 6.85. The average Bonchev–Trinajstić information content (AvgIpc) is 2.84. The summed E-state index contributed by atoms with van der Waals surface area (Å²) in [4.78, 5) is 0. The first-order valence-electron chi connectivity index (χ1n) is 7.54. The van der Waals surface area contributed by atoms with E-state index in [9.17, 15) is 0 Å². The lowest BCUT2D eigenvalue weighted by Crippen LogP contribution is -2.36. The molecule has 0 aliphatic rings. The molecule has 0 aliphatic carbocycles. The van der Waals surface area contributed by atoms with Gasteiger partial charge in [-0.15, -0.1) is 10.2 Å². The average molecular weight is 287 g/mol. The minimum Gasteiger partial charge on any atom is -0.425 e. The zero-order valence-corrected chi connectivity index (χ0v) is 13.4. The van der Waals surface area contributed by atoms with Gasteiger partial charge in [-0.05, 0) is 46.2 Å². The Labute approximate surface area is 127 Å². The van der Waals surface area contributed by atoms with Crippen molar-refractivity contribution in [3.8, 4) is 0 Å². The SMILES string of the molecule is Cc1ccc(Cc2nnc(CCCNC(C)(C)C)o2)cc1. The van der Waals surface area contributed by atoms with Crippen molar-refractivity contribution in [2.75, 3.05) is 6.54 Å². The molecule has 21 heavy (non-hydrogen) atoms. The Morgan fingerprint density at radius 2 is 1.71 bits per heavy atom. The molecule has 0 unspecified atom stereocenters. The first kappa shape index (κ1) is 15.7. The Morgan fingerprint density at radius 1 is 1.05 bits per heavy atom. The fraction of sp³-hybridized carbons (Fsp3) is 0.529. The zero-order valence-electron chi connectivity index (χ0n) is 13.4. The summed E-state index contributed by atoms with van der Waals surface area (Å²) in [6.45, 7) is 9.54. The van der Waals surface area contributed by atoms with E-state index in [1.807, 2.05) is 0 Å². The maximum Gasteiger partial charge on any atom is 0.220 e. The molecule has 0 saturated carbocycles. The third-order valence-electron chi connectivity index (χ3n) is 3.21. The van der Waals surface area contributed by atoms with E-state index in [0.717, 1.165) is 25.3 Å². The highest BCUT2D eigenvalue weighted by molar-refractivity contribution is 5.23. The van der Waals surface area contributed by atoms with Gasteiger partial charge in [-0.3, -0.25) is 0 Å². The van der Waals surface area contributed by atoms with Crippen molar-refractivity contribution in [1.82, 2.24) is 15.5 Å². The number of hydrogen-bond donors (Lipinski definition) is 1. The Morgan fingerprint density at radius 3 is 2.38 bits per heavy atom. The van der Waals surface area contributed by atoms with Crippen LogP contribution in [0, 0.1) is 6.92 Å². The predicted molar refractivity (Wildman–Crippen MR) is 84.4 cm³/mol. The highest BCUT2D eigenvalue weighted by Crippen LogP contribution is 2.11. The quantitative estimate of drug-likeness (QED) is 0.828. The van der Waals surface area contributed by atoms with Crippen molar-refractivity contribution in [2.45, 2.75) is 52.5 Å². The Bertz CT molecular complexity index is 552. The standard InChI is InChI=1S/C17H25N3O/c1-13-7-9-14(10-8-13)12-16-20-19-15(21-16)6-5-11-18-17(2,3)4/h7-10,18H,5-6,11-12H2,1-4H3. The first-order valence-corrected chi connectivity index (χ1v) is 7.54. The van der Waals surface area contributed by atoms with Crippen molar-refractivity contribution in [1.29, 1.82) is 0 Å². The van der Waals surface area contributed by atoms with Gasteiger partial charge in [-0.25, -0.2) is 0 Å². The van der Waals surface area contributed by atoms with E-state index in [1.54, 1.807) is 0 Å². The summed E-state index contributed by atoms with van der Waals surface area (Å²) in [5, 5.41) is 11.7. The molecule has 1 N–H and O–H groups in total. The van der Waals surface area contributed by atoms with Crippen LogP contribution in [0.25, 0.3) is 0 Å². The Balaban J connectivity index is 1.80. The Hall–Kier alpha value is -1.68. The molecule has 0 bridgehead atoms. The number of nitrogens with one attached hydrogen (secondary N) is 1. The number of nitrogens with zero attached hydrogens (tertiary/aromatic N) is 2. The van der Waals surface area contributed by atoms with Crippen LogP contribution >= 0.6 is 0 Å². The molecule has 0 aliphatic heterocycles. The van der Waals surface area contributed by atoms with E-state index in [1.165, 1.54) is 11.1 Å².